The Morgan fingerprint density at radius 2 is 1.70 bits per heavy atom. The maximum absolute atomic E-state index is 13.8. The predicted molar refractivity (Wildman–Crippen MR) is 136 cm³/mol. The van der Waals surface area contributed by atoms with Gasteiger partial charge < -0.3 is 4.74 Å². The first-order chi connectivity index (χ1) is 17.5. The number of alkyl halides is 3. The number of esters is 1. The number of unbranched alkanes of at least 4 members (excludes halogenated alkanes) is 1. The maximum Gasteiger partial charge on any atom is 0.416 e. The fourth-order valence-corrected chi connectivity index (χ4v) is 5.78. The van der Waals surface area contributed by atoms with Crippen molar-refractivity contribution >= 4 is 15.8 Å². The Hall–Kier alpha value is -3.20. The SMILES string of the molecule is CCCCC(c1cccc(-c2ccc(C(F)(F)F)cc2)n1)S(=O)(=O)c1ccc(OC(=O)CCC)c(C)c1. The van der Waals surface area contributed by atoms with Gasteiger partial charge in [0.05, 0.1) is 21.8 Å². The molecule has 0 fully saturated rings. The predicted octanol–water partition coefficient (Wildman–Crippen LogP) is 7.49. The first-order valence-electron chi connectivity index (χ1n) is 12.2. The quantitative estimate of drug-likeness (QED) is 0.199. The number of pyridine rings is 1. The van der Waals surface area contributed by atoms with E-state index in [0.29, 0.717) is 47.5 Å². The number of aryl methyl sites for hydroxylation is 1. The zero-order valence-corrected chi connectivity index (χ0v) is 21.8. The normalized spacial score (nSPS) is 12.8. The summed E-state index contributed by atoms with van der Waals surface area (Å²) in [5.74, 6) is -0.0729. The molecule has 0 spiro atoms. The number of rotatable bonds is 10. The molecule has 2 aromatic carbocycles. The number of ether oxygens (including phenoxy) is 1. The lowest BCUT2D eigenvalue weighted by Gasteiger charge is -2.19. The van der Waals surface area contributed by atoms with Crippen molar-refractivity contribution in [3.8, 4) is 17.0 Å². The minimum atomic E-state index is -4.45. The standard InChI is InChI=1S/C28H30F3NO4S/c1-4-6-11-26(37(34,35)22-16-17-25(19(3)18-22)36-27(33)8-5-2)24-10-7-9-23(32-24)20-12-14-21(15-13-20)28(29,30)31/h7,9-10,12-18,26H,4-6,8,11H2,1-3H3. The van der Waals surface area contributed by atoms with Crippen molar-refractivity contribution in [2.75, 3.05) is 0 Å². The van der Waals surface area contributed by atoms with Crippen LogP contribution >= 0.6 is 0 Å². The second kappa shape index (κ2) is 11.9. The van der Waals surface area contributed by atoms with E-state index in [4.69, 9.17) is 4.74 Å². The lowest BCUT2D eigenvalue weighted by molar-refractivity contribution is -0.137. The largest absolute Gasteiger partial charge is 0.426 e. The smallest absolute Gasteiger partial charge is 0.416 e. The number of nitrogens with zero attached hydrogens (tertiary/aromatic N) is 1. The molecule has 3 aromatic rings. The average molecular weight is 534 g/mol. The highest BCUT2D eigenvalue weighted by Crippen LogP contribution is 2.36. The monoisotopic (exact) mass is 533 g/mol. The van der Waals surface area contributed by atoms with Crippen LogP contribution in [-0.4, -0.2) is 19.4 Å². The van der Waals surface area contributed by atoms with Gasteiger partial charge in [-0.15, -0.1) is 0 Å². The summed E-state index contributed by atoms with van der Waals surface area (Å²) in [6, 6.07) is 13.9. The molecule has 0 aliphatic carbocycles. The van der Waals surface area contributed by atoms with Gasteiger partial charge in [0, 0.05) is 12.0 Å². The van der Waals surface area contributed by atoms with Gasteiger partial charge in [-0.25, -0.2) is 8.42 Å². The molecule has 1 atom stereocenters. The van der Waals surface area contributed by atoms with Gasteiger partial charge in [-0.2, -0.15) is 13.2 Å². The van der Waals surface area contributed by atoms with Crippen molar-refractivity contribution in [1.82, 2.24) is 4.98 Å². The summed E-state index contributed by atoms with van der Waals surface area (Å²) < 4.78 is 71.7. The number of carbonyl (C=O) groups excluding carboxylic acids is 1. The molecule has 9 heteroatoms. The molecule has 0 radical (unpaired) electrons. The van der Waals surface area contributed by atoms with E-state index in [-0.39, 0.29) is 17.3 Å². The highest BCUT2D eigenvalue weighted by Gasteiger charge is 2.32. The molecule has 3 rings (SSSR count). The topological polar surface area (TPSA) is 73.3 Å². The Labute approximate surface area is 215 Å². The molecule has 0 bridgehead atoms. The number of carbonyl (C=O) groups is 1. The Kier molecular flexibility index (Phi) is 9.12. The van der Waals surface area contributed by atoms with Crippen molar-refractivity contribution in [3.05, 3.63) is 77.5 Å². The molecule has 0 saturated heterocycles. The van der Waals surface area contributed by atoms with E-state index in [1.165, 1.54) is 30.3 Å². The van der Waals surface area contributed by atoms with E-state index in [9.17, 15) is 26.4 Å². The Morgan fingerprint density at radius 3 is 2.30 bits per heavy atom. The van der Waals surface area contributed by atoms with Crippen LogP contribution in [0.4, 0.5) is 13.2 Å². The van der Waals surface area contributed by atoms with Crippen molar-refractivity contribution in [2.45, 2.75) is 69.2 Å². The molecule has 1 aromatic heterocycles. The summed E-state index contributed by atoms with van der Waals surface area (Å²) in [4.78, 5) is 16.5. The molecule has 1 heterocycles. The number of aromatic nitrogens is 1. The number of hydrogen-bond donors (Lipinski definition) is 0. The highest BCUT2D eigenvalue weighted by atomic mass is 32.2. The molecule has 0 aliphatic rings. The van der Waals surface area contributed by atoms with Gasteiger partial charge in [0.15, 0.2) is 9.84 Å². The summed E-state index contributed by atoms with van der Waals surface area (Å²) >= 11 is 0. The molecular formula is C28H30F3NO4S. The van der Waals surface area contributed by atoms with E-state index in [1.54, 1.807) is 25.1 Å². The van der Waals surface area contributed by atoms with Crippen LogP contribution in [0.25, 0.3) is 11.3 Å². The van der Waals surface area contributed by atoms with Crippen LogP contribution in [0.3, 0.4) is 0 Å². The summed E-state index contributed by atoms with van der Waals surface area (Å²) in [5, 5.41) is -0.949. The number of benzene rings is 2. The Bertz CT molecular complexity index is 1340. The fraction of sp³-hybridized carbons (Fsp3) is 0.357. The first-order valence-corrected chi connectivity index (χ1v) is 13.7. The fourth-order valence-electron chi connectivity index (χ4n) is 3.93. The van der Waals surface area contributed by atoms with Crippen LogP contribution in [0, 0.1) is 6.92 Å². The van der Waals surface area contributed by atoms with Crippen LogP contribution in [0.15, 0.2) is 65.6 Å². The van der Waals surface area contributed by atoms with E-state index in [0.717, 1.165) is 18.6 Å². The molecule has 37 heavy (non-hydrogen) atoms. The van der Waals surface area contributed by atoms with Gasteiger partial charge in [-0.05, 0) is 67.8 Å². The summed E-state index contributed by atoms with van der Waals surface area (Å²) in [6.45, 7) is 5.50. The zero-order valence-electron chi connectivity index (χ0n) is 21.0. The van der Waals surface area contributed by atoms with Crippen molar-refractivity contribution in [2.24, 2.45) is 0 Å². The van der Waals surface area contributed by atoms with Crippen molar-refractivity contribution in [3.63, 3.8) is 0 Å². The van der Waals surface area contributed by atoms with E-state index < -0.39 is 26.8 Å². The summed E-state index contributed by atoms with van der Waals surface area (Å²) in [5.41, 5.74) is 0.913. The lowest BCUT2D eigenvalue weighted by Crippen LogP contribution is -2.16. The molecule has 0 N–H and O–H groups in total. The van der Waals surface area contributed by atoms with E-state index in [1.807, 2.05) is 13.8 Å². The number of hydrogen-bond acceptors (Lipinski definition) is 5. The summed E-state index contributed by atoms with van der Waals surface area (Å²) in [7, 11) is -3.88. The van der Waals surface area contributed by atoms with Gasteiger partial charge in [-0.1, -0.05) is 44.9 Å². The molecule has 0 amide bonds. The molecule has 0 aliphatic heterocycles. The van der Waals surface area contributed by atoms with E-state index >= 15 is 0 Å². The van der Waals surface area contributed by atoms with Crippen LogP contribution < -0.4 is 4.74 Å². The van der Waals surface area contributed by atoms with Gasteiger partial charge >= 0.3 is 12.1 Å². The van der Waals surface area contributed by atoms with Gasteiger partial charge in [0.2, 0.25) is 0 Å². The number of sulfone groups is 1. The van der Waals surface area contributed by atoms with Crippen LogP contribution in [0.2, 0.25) is 0 Å². The molecule has 198 valence electrons. The summed E-state index contributed by atoms with van der Waals surface area (Å²) in [6.07, 6.45) is -1.80. The van der Waals surface area contributed by atoms with Crippen molar-refractivity contribution < 1.29 is 31.1 Å². The second-order valence-corrected chi connectivity index (χ2v) is 11.0. The molecule has 0 saturated carbocycles. The molecular weight excluding hydrogens is 503 g/mol. The van der Waals surface area contributed by atoms with Gasteiger partial charge in [0.25, 0.3) is 0 Å². The second-order valence-electron chi connectivity index (χ2n) is 8.85. The number of halogens is 3. The zero-order chi connectivity index (χ0) is 27.2. The van der Waals surface area contributed by atoms with Crippen LogP contribution in [0.5, 0.6) is 5.75 Å². The third kappa shape index (κ3) is 6.97. The molecule has 5 nitrogen and oxygen atoms in total. The Morgan fingerprint density at radius 1 is 1.00 bits per heavy atom. The third-order valence-electron chi connectivity index (χ3n) is 5.96. The highest BCUT2D eigenvalue weighted by molar-refractivity contribution is 7.91. The third-order valence-corrected chi connectivity index (χ3v) is 8.09. The first kappa shape index (κ1) is 28.4. The lowest BCUT2D eigenvalue weighted by atomic mass is 10.1. The minimum absolute atomic E-state index is 0.0862. The van der Waals surface area contributed by atoms with Crippen LogP contribution in [-0.2, 0) is 20.8 Å². The van der Waals surface area contributed by atoms with Crippen LogP contribution in [0.1, 0.15) is 68.0 Å². The Balaban J connectivity index is 1.97. The maximum atomic E-state index is 13.8. The minimum Gasteiger partial charge on any atom is -0.426 e. The van der Waals surface area contributed by atoms with Crippen molar-refractivity contribution in [1.29, 1.82) is 0 Å². The average Bonchev–Trinajstić information content (AvgIpc) is 2.85. The van der Waals surface area contributed by atoms with Gasteiger partial charge in [0.1, 0.15) is 11.0 Å². The molecule has 1 unspecified atom stereocenters. The van der Waals surface area contributed by atoms with E-state index in [2.05, 4.69) is 4.98 Å². The van der Waals surface area contributed by atoms with Gasteiger partial charge in [-0.3, -0.25) is 9.78 Å².